The molecular weight excluding hydrogens is 230 g/mol. The van der Waals surface area contributed by atoms with Crippen molar-refractivity contribution in [2.75, 3.05) is 0 Å². The van der Waals surface area contributed by atoms with E-state index in [-0.39, 0.29) is 18.3 Å². The third-order valence-corrected chi connectivity index (χ3v) is 2.93. The molecule has 0 bridgehead atoms. The predicted molar refractivity (Wildman–Crippen MR) is 57.5 cm³/mol. The molecule has 1 aliphatic carbocycles. The molecule has 1 fully saturated rings. The van der Waals surface area contributed by atoms with Crippen LogP contribution in [0, 0.1) is 0 Å². The van der Waals surface area contributed by atoms with E-state index in [4.69, 9.17) is 5.11 Å². The monoisotopic (exact) mass is 241 g/mol. The summed E-state index contributed by atoms with van der Waals surface area (Å²) in [6, 6.07) is 0.0838. The normalized spacial score (nSPS) is 14.5. The highest BCUT2D eigenvalue weighted by atomic mass is 32.1. The standard InChI is InChI=1S/C9H11N3O3S/c13-8(14)6-4-16-7(12-6)3-10-9(15)11-5-1-2-5/h4-5H,1-3H2,(H,13,14)(H2,10,11,15). The topological polar surface area (TPSA) is 91.3 Å². The number of nitrogens with one attached hydrogen (secondary N) is 2. The number of aromatic nitrogens is 1. The molecule has 86 valence electrons. The fourth-order valence-corrected chi connectivity index (χ4v) is 1.82. The molecule has 1 aliphatic rings. The van der Waals surface area contributed by atoms with Crippen molar-refractivity contribution in [1.29, 1.82) is 0 Å². The van der Waals surface area contributed by atoms with Gasteiger partial charge in [0.25, 0.3) is 0 Å². The van der Waals surface area contributed by atoms with Crippen molar-refractivity contribution in [3.8, 4) is 0 Å². The van der Waals surface area contributed by atoms with Crippen LogP contribution < -0.4 is 10.6 Å². The zero-order chi connectivity index (χ0) is 11.5. The van der Waals surface area contributed by atoms with Crippen LogP contribution >= 0.6 is 11.3 Å². The van der Waals surface area contributed by atoms with E-state index < -0.39 is 5.97 Å². The second-order valence-corrected chi connectivity index (χ2v) is 4.48. The van der Waals surface area contributed by atoms with Crippen LogP contribution in [-0.2, 0) is 6.54 Å². The van der Waals surface area contributed by atoms with Crippen molar-refractivity contribution in [3.05, 3.63) is 16.1 Å². The summed E-state index contributed by atoms with van der Waals surface area (Å²) in [6.07, 6.45) is 2.07. The maximum atomic E-state index is 11.2. The Kier molecular flexibility index (Phi) is 3.04. The van der Waals surface area contributed by atoms with Crippen LogP contribution in [0.2, 0.25) is 0 Å². The molecule has 16 heavy (non-hydrogen) atoms. The second kappa shape index (κ2) is 4.48. The molecule has 0 radical (unpaired) electrons. The minimum absolute atomic E-state index is 0.0180. The number of hydrogen-bond acceptors (Lipinski definition) is 4. The maximum Gasteiger partial charge on any atom is 0.355 e. The Hall–Kier alpha value is -1.63. The van der Waals surface area contributed by atoms with Crippen molar-refractivity contribution < 1.29 is 14.7 Å². The lowest BCUT2D eigenvalue weighted by molar-refractivity contribution is 0.0691. The Morgan fingerprint density at radius 3 is 2.88 bits per heavy atom. The summed E-state index contributed by atoms with van der Waals surface area (Å²) in [5.41, 5.74) is 0.0180. The van der Waals surface area contributed by atoms with Crippen LogP contribution in [0.4, 0.5) is 4.79 Å². The van der Waals surface area contributed by atoms with Crippen molar-refractivity contribution in [2.45, 2.75) is 25.4 Å². The highest BCUT2D eigenvalue weighted by Gasteiger charge is 2.23. The summed E-state index contributed by atoms with van der Waals surface area (Å²) >= 11 is 1.22. The molecule has 0 aliphatic heterocycles. The molecule has 1 saturated carbocycles. The number of amides is 2. The number of nitrogens with zero attached hydrogens (tertiary/aromatic N) is 1. The van der Waals surface area contributed by atoms with Gasteiger partial charge in [0, 0.05) is 11.4 Å². The van der Waals surface area contributed by atoms with Crippen LogP contribution in [0.3, 0.4) is 0 Å². The average Bonchev–Trinajstić information content (AvgIpc) is 2.91. The first-order chi connectivity index (χ1) is 7.65. The molecule has 1 aromatic heterocycles. The molecule has 1 heterocycles. The minimum atomic E-state index is -1.05. The fourth-order valence-electron chi connectivity index (χ4n) is 1.11. The van der Waals surface area contributed by atoms with Crippen molar-refractivity contribution >= 4 is 23.3 Å². The quantitative estimate of drug-likeness (QED) is 0.727. The van der Waals surface area contributed by atoms with Gasteiger partial charge < -0.3 is 15.7 Å². The van der Waals surface area contributed by atoms with E-state index >= 15 is 0 Å². The van der Waals surface area contributed by atoms with E-state index in [2.05, 4.69) is 15.6 Å². The van der Waals surface area contributed by atoms with Gasteiger partial charge in [0.15, 0.2) is 5.69 Å². The zero-order valence-electron chi connectivity index (χ0n) is 8.40. The summed E-state index contributed by atoms with van der Waals surface area (Å²) in [6.45, 7) is 0.260. The van der Waals surface area contributed by atoms with Crippen LogP contribution in [0.1, 0.15) is 28.3 Å². The van der Waals surface area contributed by atoms with Gasteiger partial charge in [-0.05, 0) is 12.8 Å². The maximum absolute atomic E-state index is 11.2. The Balaban J connectivity index is 1.79. The van der Waals surface area contributed by atoms with Crippen molar-refractivity contribution in [2.24, 2.45) is 0 Å². The smallest absolute Gasteiger partial charge is 0.355 e. The lowest BCUT2D eigenvalue weighted by Gasteiger charge is -2.03. The SMILES string of the molecule is O=C(NCc1nc(C(=O)O)cs1)NC1CC1. The molecule has 0 spiro atoms. The van der Waals surface area contributed by atoms with Gasteiger partial charge in [-0.2, -0.15) is 0 Å². The van der Waals surface area contributed by atoms with Gasteiger partial charge in [-0.1, -0.05) is 0 Å². The molecule has 2 amide bonds. The van der Waals surface area contributed by atoms with Gasteiger partial charge in [0.05, 0.1) is 6.54 Å². The Bertz CT molecular complexity index is 414. The second-order valence-electron chi connectivity index (χ2n) is 3.53. The third kappa shape index (κ3) is 2.93. The molecule has 7 heteroatoms. The summed E-state index contributed by atoms with van der Waals surface area (Å²) in [4.78, 5) is 25.6. The molecule has 3 N–H and O–H groups in total. The summed E-state index contributed by atoms with van der Waals surface area (Å²) in [7, 11) is 0. The van der Waals surface area contributed by atoms with Gasteiger partial charge in [-0.15, -0.1) is 11.3 Å². The number of carbonyl (C=O) groups excluding carboxylic acids is 1. The number of carboxylic acid groups (broad SMARTS) is 1. The Morgan fingerprint density at radius 1 is 1.56 bits per heavy atom. The zero-order valence-corrected chi connectivity index (χ0v) is 9.21. The molecule has 0 unspecified atom stereocenters. The van der Waals surface area contributed by atoms with Crippen molar-refractivity contribution in [1.82, 2.24) is 15.6 Å². The first kappa shape index (κ1) is 10.9. The van der Waals surface area contributed by atoms with Crippen LogP contribution in [0.15, 0.2) is 5.38 Å². The fraction of sp³-hybridized carbons (Fsp3) is 0.444. The predicted octanol–water partition coefficient (Wildman–Crippen LogP) is 0.803. The average molecular weight is 241 g/mol. The molecular formula is C9H11N3O3S. The Labute approximate surface area is 95.7 Å². The summed E-state index contributed by atoms with van der Waals surface area (Å²) < 4.78 is 0. The highest BCUT2D eigenvalue weighted by molar-refractivity contribution is 7.09. The van der Waals surface area contributed by atoms with Gasteiger partial charge in [0.2, 0.25) is 0 Å². The largest absolute Gasteiger partial charge is 0.476 e. The summed E-state index contributed by atoms with van der Waals surface area (Å²) in [5.74, 6) is -1.05. The van der Waals surface area contributed by atoms with E-state index in [1.165, 1.54) is 16.7 Å². The van der Waals surface area contributed by atoms with Gasteiger partial charge >= 0.3 is 12.0 Å². The molecule has 0 saturated heterocycles. The number of thiazole rings is 1. The van der Waals surface area contributed by atoms with Gasteiger partial charge in [0.1, 0.15) is 5.01 Å². The minimum Gasteiger partial charge on any atom is -0.476 e. The highest BCUT2D eigenvalue weighted by Crippen LogP contribution is 2.18. The van der Waals surface area contributed by atoms with E-state index in [0.29, 0.717) is 11.0 Å². The van der Waals surface area contributed by atoms with Gasteiger partial charge in [-0.25, -0.2) is 14.6 Å². The van der Waals surface area contributed by atoms with Crippen LogP contribution in [0.5, 0.6) is 0 Å². The number of urea groups is 1. The first-order valence-corrected chi connectivity index (χ1v) is 5.75. The molecule has 0 aromatic carbocycles. The first-order valence-electron chi connectivity index (χ1n) is 4.87. The van der Waals surface area contributed by atoms with E-state index in [0.717, 1.165) is 12.8 Å². The molecule has 6 nitrogen and oxygen atoms in total. The van der Waals surface area contributed by atoms with E-state index in [9.17, 15) is 9.59 Å². The third-order valence-electron chi connectivity index (χ3n) is 2.08. The number of hydrogen-bond donors (Lipinski definition) is 3. The molecule has 0 atom stereocenters. The number of aromatic carboxylic acids is 1. The number of carboxylic acids is 1. The Morgan fingerprint density at radius 2 is 2.31 bits per heavy atom. The molecule has 2 rings (SSSR count). The summed E-state index contributed by atoms with van der Waals surface area (Å²) in [5, 5.41) is 16.1. The van der Waals surface area contributed by atoms with E-state index in [1.54, 1.807) is 0 Å². The van der Waals surface area contributed by atoms with Crippen LogP contribution in [-0.4, -0.2) is 28.1 Å². The lowest BCUT2D eigenvalue weighted by atomic mass is 10.5. The van der Waals surface area contributed by atoms with E-state index in [1.807, 2.05) is 0 Å². The lowest BCUT2D eigenvalue weighted by Crippen LogP contribution is -2.36. The number of rotatable bonds is 4. The van der Waals surface area contributed by atoms with Gasteiger partial charge in [-0.3, -0.25) is 0 Å². The van der Waals surface area contributed by atoms with Crippen molar-refractivity contribution in [3.63, 3.8) is 0 Å². The number of carbonyl (C=O) groups is 2. The van der Waals surface area contributed by atoms with Crippen LogP contribution in [0.25, 0.3) is 0 Å². The molecule has 1 aromatic rings.